The average molecular weight is 240 g/mol. The van der Waals surface area contributed by atoms with Gasteiger partial charge in [0, 0.05) is 24.6 Å². The van der Waals surface area contributed by atoms with Crippen molar-refractivity contribution in [3.05, 3.63) is 48.0 Å². The number of pyridine rings is 1. The lowest BCUT2D eigenvalue weighted by molar-refractivity contribution is 0.677. The van der Waals surface area contributed by atoms with Crippen LogP contribution in [0.15, 0.2) is 36.7 Å². The highest BCUT2D eigenvalue weighted by Gasteiger charge is 2.28. The number of rotatable bonds is 2. The van der Waals surface area contributed by atoms with Crippen molar-refractivity contribution < 1.29 is 0 Å². The van der Waals surface area contributed by atoms with E-state index in [1.54, 1.807) is 12.4 Å². The van der Waals surface area contributed by atoms with Gasteiger partial charge in [0.15, 0.2) is 0 Å². The van der Waals surface area contributed by atoms with Crippen LogP contribution in [0.4, 0.5) is 5.95 Å². The first-order valence-electron chi connectivity index (χ1n) is 6.32. The van der Waals surface area contributed by atoms with E-state index < -0.39 is 0 Å². The van der Waals surface area contributed by atoms with E-state index in [1.807, 2.05) is 19.1 Å². The van der Waals surface area contributed by atoms with E-state index in [1.165, 1.54) is 6.42 Å². The summed E-state index contributed by atoms with van der Waals surface area (Å²) in [5.41, 5.74) is 2.19. The number of hydrogen-bond donors (Lipinski definition) is 0. The number of anilines is 1. The first-order valence-corrected chi connectivity index (χ1v) is 6.32. The summed E-state index contributed by atoms with van der Waals surface area (Å²) in [5.74, 6) is 0.809. The second kappa shape index (κ2) is 4.72. The molecule has 1 fully saturated rings. The molecule has 4 heteroatoms. The Labute approximate surface area is 107 Å². The van der Waals surface area contributed by atoms with Crippen LogP contribution < -0.4 is 4.90 Å². The zero-order valence-corrected chi connectivity index (χ0v) is 10.5. The third kappa shape index (κ3) is 2.06. The zero-order valence-electron chi connectivity index (χ0n) is 10.5. The van der Waals surface area contributed by atoms with Crippen LogP contribution in [-0.4, -0.2) is 21.5 Å². The molecule has 0 spiro atoms. The van der Waals surface area contributed by atoms with Gasteiger partial charge in [-0.1, -0.05) is 6.07 Å². The minimum absolute atomic E-state index is 0.312. The molecule has 3 heterocycles. The summed E-state index contributed by atoms with van der Waals surface area (Å²) in [5, 5.41) is 0. The van der Waals surface area contributed by atoms with Crippen molar-refractivity contribution in [1.82, 2.24) is 15.0 Å². The molecule has 2 aromatic heterocycles. The molecular formula is C14H16N4. The molecule has 0 aliphatic carbocycles. The van der Waals surface area contributed by atoms with Gasteiger partial charge in [0.2, 0.25) is 5.95 Å². The third-order valence-electron chi connectivity index (χ3n) is 3.31. The van der Waals surface area contributed by atoms with Crippen molar-refractivity contribution in [2.24, 2.45) is 0 Å². The van der Waals surface area contributed by atoms with Crippen LogP contribution in [0.25, 0.3) is 0 Å². The Morgan fingerprint density at radius 2 is 2.00 bits per heavy atom. The van der Waals surface area contributed by atoms with Crippen molar-refractivity contribution in [2.45, 2.75) is 25.8 Å². The van der Waals surface area contributed by atoms with E-state index >= 15 is 0 Å². The Bertz CT molecular complexity index is 526. The van der Waals surface area contributed by atoms with Crippen LogP contribution in [-0.2, 0) is 0 Å². The van der Waals surface area contributed by atoms with Gasteiger partial charge < -0.3 is 4.90 Å². The fourth-order valence-electron chi connectivity index (χ4n) is 2.50. The molecule has 0 N–H and O–H groups in total. The molecule has 2 aromatic rings. The summed E-state index contributed by atoms with van der Waals surface area (Å²) < 4.78 is 0. The summed E-state index contributed by atoms with van der Waals surface area (Å²) >= 11 is 0. The van der Waals surface area contributed by atoms with E-state index in [-0.39, 0.29) is 0 Å². The number of aryl methyl sites for hydroxylation is 1. The third-order valence-corrected chi connectivity index (χ3v) is 3.31. The highest BCUT2D eigenvalue weighted by Crippen LogP contribution is 2.33. The number of nitrogens with zero attached hydrogens (tertiary/aromatic N) is 4. The van der Waals surface area contributed by atoms with Gasteiger partial charge in [-0.2, -0.15) is 0 Å². The molecule has 1 aliphatic rings. The first kappa shape index (κ1) is 11.1. The zero-order chi connectivity index (χ0) is 12.4. The molecule has 1 aliphatic heterocycles. The lowest BCUT2D eigenvalue weighted by atomic mass is 10.1. The largest absolute Gasteiger partial charge is 0.332 e. The highest BCUT2D eigenvalue weighted by atomic mass is 15.3. The molecule has 0 saturated carbocycles. The summed E-state index contributed by atoms with van der Waals surface area (Å²) in [4.78, 5) is 15.6. The molecule has 0 unspecified atom stereocenters. The smallest absolute Gasteiger partial charge is 0.225 e. The Morgan fingerprint density at radius 1 is 1.17 bits per heavy atom. The van der Waals surface area contributed by atoms with Crippen molar-refractivity contribution >= 4 is 5.95 Å². The molecule has 1 atom stereocenters. The van der Waals surface area contributed by atoms with E-state index in [2.05, 4.69) is 32.0 Å². The maximum absolute atomic E-state index is 4.63. The molecule has 3 rings (SSSR count). The summed E-state index contributed by atoms with van der Waals surface area (Å²) in [7, 11) is 0. The molecular weight excluding hydrogens is 224 g/mol. The van der Waals surface area contributed by atoms with Crippen molar-refractivity contribution in [3.8, 4) is 0 Å². The van der Waals surface area contributed by atoms with Crippen LogP contribution in [0, 0.1) is 6.92 Å². The van der Waals surface area contributed by atoms with E-state index in [0.717, 1.165) is 30.3 Å². The molecule has 0 amide bonds. The van der Waals surface area contributed by atoms with Crippen molar-refractivity contribution in [2.75, 3.05) is 11.4 Å². The minimum atomic E-state index is 0.312. The predicted molar refractivity (Wildman–Crippen MR) is 70.3 cm³/mol. The van der Waals surface area contributed by atoms with Gasteiger partial charge in [0.1, 0.15) is 0 Å². The average Bonchev–Trinajstić information content (AvgIpc) is 2.89. The van der Waals surface area contributed by atoms with Gasteiger partial charge in [-0.25, -0.2) is 9.97 Å². The van der Waals surface area contributed by atoms with Gasteiger partial charge >= 0.3 is 0 Å². The second-order valence-electron chi connectivity index (χ2n) is 4.60. The number of aromatic nitrogens is 3. The molecule has 18 heavy (non-hydrogen) atoms. The Kier molecular flexibility index (Phi) is 2.92. The van der Waals surface area contributed by atoms with Crippen molar-refractivity contribution in [3.63, 3.8) is 0 Å². The van der Waals surface area contributed by atoms with Gasteiger partial charge in [0.25, 0.3) is 0 Å². The Morgan fingerprint density at radius 3 is 2.78 bits per heavy atom. The topological polar surface area (TPSA) is 41.9 Å². The van der Waals surface area contributed by atoms with Gasteiger partial charge in [-0.15, -0.1) is 0 Å². The predicted octanol–water partition coefficient (Wildman–Crippen LogP) is 2.52. The maximum Gasteiger partial charge on any atom is 0.225 e. The quantitative estimate of drug-likeness (QED) is 0.809. The first-order chi connectivity index (χ1) is 8.84. The van der Waals surface area contributed by atoms with Gasteiger partial charge in [-0.05, 0) is 38.0 Å². The highest BCUT2D eigenvalue weighted by molar-refractivity contribution is 5.36. The van der Waals surface area contributed by atoms with Crippen LogP contribution in [0.2, 0.25) is 0 Å². The SMILES string of the molecule is Cc1cccc([C@H]2CCCN2c2ncccn2)n1. The van der Waals surface area contributed by atoms with E-state index in [4.69, 9.17) is 0 Å². The second-order valence-corrected chi connectivity index (χ2v) is 4.60. The van der Waals surface area contributed by atoms with Gasteiger partial charge in [0.05, 0.1) is 11.7 Å². The normalized spacial score (nSPS) is 19.2. The van der Waals surface area contributed by atoms with Crippen LogP contribution in [0.5, 0.6) is 0 Å². The van der Waals surface area contributed by atoms with E-state index in [0.29, 0.717) is 6.04 Å². The van der Waals surface area contributed by atoms with Crippen LogP contribution in [0.1, 0.15) is 30.3 Å². The lowest BCUT2D eigenvalue weighted by Crippen LogP contribution is -2.25. The molecule has 0 bridgehead atoms. The van der Waals surface area contributed by atoms with Crippen molar-refractivity contribution in [1.29, 1.82) is 0 Å². The monoisotopic (exact) mass is 240 g/mol. The fraction of sp³-hybridized carbons (Fsp3) is 0.357. The molecule has 4 nitrogen and oxygen atoms in total. The van der Waals surface area contributed by atoms with E-state index in [9.17, 15) is 0 Å². The maximum atomic E-state index is 4.63. The lowest BCUT2D eigenvalue weighted by Gasteiger charge is -2.24. The van der Waals surface area contributed by atoms with Gasteiger partial charge in [-0.3, -0.25) is 4.98 Å². The summed E-state index contributed by atoms with van der Waals surface area (Å²) in [6.07, 6.45) is 5.87. The summed E-state index contributed by atoms with van der Waals surface area (Å²) in [6.45, 7) is 3.03. The number of hydrogen-bond acceptors (Lipinski definition) is 4. The molecule has 1 saturated heterocycles. The summed E-state index contributed by atoms with van der Waals surface area (Å²) in [6, 6.07) is 8.35. The Balaban J connectivity index is 1.92. The Hall–Kier alpha value is -1.97. The molecule has 0 radical (unpaired) electrons. The molecule has 0 aromatic carbocycles. The minimum Gasteiger partial charge on any atom is -0.332 e. The van der Waals surface area contributed by atoms with Crippen LogP contribution >= 0.6 is 0 Å². The molecule has 92 valence electrons. The standard InChI is InChI=1S/C14H16N4/c1-11-5-2-6-12(17-11)13-7-3-10-18(13)14-15-8-4-9-16-14/h2,4-6,8-9,13H,3,7,10H2,1H3/t13-/m1/s1. The van der Waals surface area contributed by atoms with Crippen LogP contribution in [0.3, 0.4) is 0 Å². The fourth-order valence-corrected chi connectivity index (χ4v) is 2.50.